The van der Waals surface area contributed by atoms with Crippen LogP contribution in [0.15, 0.2) is 34.8 Å². The second-order valence-electron chi connectivity index (χ2n) is 5.85. The van der Waals surface area contributed by atoms with E-state index in [1.54, 1.807) is 19.2 Å². The number of amides is 1. The summed E-state index contributed by atoms with van der Waals surface area (Å²) in [5.41, 5.74) is 1.49. The number of hydrogen-bond acceptors (Lipinski definition) is 5. The van der Waals surface area contributed by atoms with Crippen LogP contribution in [0.3, 0.4) is 0 Å². The van der Waals surface area contributed by atoms with Crippen LogP contribution in [0.25, 0.3) is 5.65 Å². The summed E-state index contributed by atoms with van der Waals surface area (Å²) in [7, 11) is 1.56. The Labute approximate surface area is 160 Å². The Kier molecular flexibility index (Phi) is 5.05. The molecular formula is C16H14BrF3N6O. The largest absolute Gasteiger partial charge is 0.453 e. The van der Waals surface area contributed by atoms with Crippen molar-refractivity contribution in [3.63, 3.8) is 0 Å². The second-order valence-corrected chi connectivity index (χ2v) is 6.76. The van der Waals surface area contributed by atoms with Crippen LogP contribution >= 0.6 is 15.9 Å². The van der Waals surface area contributed by atoms with Gasteiger partial charge in [0.15, 0.2) is 5.65 Å². The summed E-state index contributed by atoms with van der Waals surface area (Å²) in [4.78, 5) is 13.7. The lowest BCUT2D eigenvalue weighted by Gasteiger charge is -2.18. The van der Waals surface area contributed by atoms with Gasteiger partial charge in [0.25, 0.3) is 5.82 Å². The third kappa shape index (κ3) is 4.18. The fourth-order valence-electron chi connectivity index (χ4n) is 2.41. The molecule has 2 aromatic heterocycles. The molecule has 0 aliphatic rings. The Bertz CT molecular complexity index is 1000. The SMILES string of the molecule is Cc1cc(Br)ccc1NC(=O)CN(C)c1ccc2nnc(C(F)(F)F)n2n1. The average molecular weight is 443 g/mol. The number of aryl methyl sites for hydroxylation is 1. The van der Waals surface area contributed by atoms with Crippen LogP contribution in [0.2, 0.25) is 0 Å². The number of benzene rings is 1. The Balaban J connectivity index is 1.77. The van der Waals surface area contributed by atoms with Crippen molar-refractivity contribution in [2.24, 2.45) is 0 Å². The van der Waals surface area contributed by atoms with Crippen molar-refractivity contribution < 1.29 is 18.0 Å². The molecule has 1 amide bonds. The first-order valence-corrected chi connectivity index (χ1v) is 8.51. The predicted octanol–water partition coefficient (Wildman–Crippen LogP) is 3.29. The lowest BCUT2D eigenvalue weighted by Crippen LogP contribution is -2.31. The fourth-order valence-corrected chi connectivity index (χ4v) is 2.89. The Morgan fingerprint density at radius 3 is 2.67 bits per heavy atom. The Hall–Kier alpha value is -2.69. The summed E-state index contributed by atoms with van der Waals surface area (Å²) in [6.07, 6.45) is -4.68. The van der Waals surface area contributed by atoms with Gasteiger partial charge in [0, 0.05) is 17.2 Å². The van der Waals surface area contributed by atoms with E-state index in [0.29, 0.717) is 10.2 Å². The number of alkyl halides is 3. The van der Waals surface area contributed by atoms with E-state index in [4.69, 9.17) is 0 Å². The fraction of sp³-hybridized carbons (Fsp3) is 0.250. The second kappa shape index (κ2) is 7.14. The van der Waals surface area contributed by atoms with E-state index < -0.39 is 12.0 Å². The number of carbonyl (C=O) groups is 1. The van der Waals surface area contributed by atoms with Gasteiger partial charge in [0.05, 0.1) is 6.54 Å². The summed E-state index contributed by atoms with van der Waals surface area (Å²) in [6, 6.07) is 8.25. The molecule has 0 unspecified atom stereocenters. The van der Waals surface area contributed by atoms with Gasteiger partial charge in [-0.15, -0.1) is 15.3 Å². The summed E-state index contributed by atoms with van der Waals surface area (Å²) < 4.78 is 40.4. The molecule has 0 saturated heterocycles. The molecule has 142 valence electrons. The van der Waals surface area contributed by atoms with Gasteiger partial charge in [0.1, 0.15) is 5.82 Å². The van der Waals surface area contributed by atoms with E-state index in [-0.39, 0.29) is 23.9 Å². The van der Waals surface area contributed by atoms with E-state index >= 15 is 0 Å². The molecule has 2 heterocycles. The maximum absolute atomic E-state index is 13.0. The number of likely N-dealkylation sites (N-methyl/N-ethyl adjacent to an activating group) is 1. The van der Waals surface area contributed by atoms with Crippen LogP contribution in [0.4, 0.5) is 24.7 Å². The molecule has 7 nitrogen and oxygen atoms in total. The zero-order chi connectivity index (χ0) is 19.8. The van der Waals surface area contributed by atoms with E-state index in [0.717, 1.165) is 10.0 Å². The Morgan fingerprint density at radius 2 is 2.00 bits per heavy atom. The van der Waals surface area contributed by atoms with Crippen LogP contribution in [0, 0.1) is 6.92 Å². The molecule has 0 saturated carbocycles. The number of aromatic nitrogens is 4. The van der Waals surface area contributed by atoms with Crippen LogP contribution in [0.5, 0.6) is 0 Å². The molecule has 27 heavy (non-hydrogen) atoms. The molecule has 1 N–H and O–H groups in total. The molecule has 0 radical (unpaired) electrons. The predicted molar refractivity (Wildman–Crippen MR) is 96.6 cm³/mol. The quantitative estimate of drug-likeness (QED) is 0.670. The van der Waals surface area contributed by atoms with E-state index in [1.165, 1.54) is 17.0 Å². The molecule has 0 spiro atoms. The number of rotatable bonds is 4. The molecule has 3 aromatic rings. The number of hydrogen-bond donors (Lipinski definition) is 1. The normalized spacial score (nSPS) is 11.6. The maximum Gasteiger partial charge on any atom is 0.453 e. The number of halogens is 4. The minimum absolute atomic E-state index is 0.0330. The molecule has 0 fully saturated rings. The zero-order valence-electron chi connectivity index (χ0n) is 14.3. The van der Waals surface area contributed by atoms with Gasteiger partial charge in [-0.2, -0.15) is 17.7 Å². The van der Waals surface area contributed by atoms with Crippen molar-refractivity contribution >= 4 is 39.0 Å². The first-order chi connectivity index (χ1) is 12.6. The highest BCUT2D eigenvalue weighted by Crippen LogP contribution is 2.27. The highest BCUT2D eigenvalue weighted by molar-refractivity contribution is 9.10. The minimum atomic E-state index is -4.68. The molecule has 11 heteroatoms. The van der Waals surface area contributed by atoms with Gasteiger partial charge in [-0.25, -0.2) is 0 Å². The van der Waals surface area contributed by atoms with Crippen molar-refractivity contribution in [1.82, 2.24) is 19.8 Å². The lowest BCUT2D eigenvalue weighted by atomic mass is 10.2. The number of carbonyl (C=O) groups excluding carboxylic acids is 1. The van der Waals surface area contributed by atoms with Gasteiger partial charge in [-0.1, -0.05) is 15.9 Å². The molecule has 0 bridgehead atoms. The van der Waals surface area contributed by atoms with Crippen molar-refractivity contribution in [1.29, 1.82) is 0 Å². The highest BCUT2D eigenvalue weighted by atomic mass is 79.9. The highest BCUT2D eigenvalue weighted by Gasteiger charge is 2.37. The molecule has 1 aromatic carbocycles. The molecule has 0 atom stereocenters. The maximum atomic E-state index is 13.0. The van der Waals surface area contributed by atoms with Crippen LogP contribution in [-0.2, 0) is 11.0 Å². The number of nitrogens with one attached hydrogen (secondary N) is 1. The molecule has 0 aliphatic carbocycles. The van der Waals surface area contributed by atoms with Gasteiger partial charge in [-0.3, -0.25) is 4.79 Å². The van der Waals surface area contributed by atoms with Crippen molar-refractivity contribution in [3.8, 4) is 0 Å². The number of fused-ring (bicyclic) bond motifs is 1. The molecule has 3 rings (SSSR count). The van der Waals surface area contributed by atoms with Crippen molar-refractivity contribution in [3.05, 3.63) is 46.2 Å². The first kappa shape index (κ1) is 19.1. The topological polar surface area (TPSA) is 75.4 Å². The smallest absolute Gasteiger partial charge is 0.349 e. The van der Waals surface area contributed by atoms with Gasteiger partial charge >= 0.3 is 6.18 Å². The third-order valence-corrected chi connectivity index (χ3v) is 4.23. The molecule has 0 aliphatic heterocycles. The van der Waals surface area contributed by atoms with Crippen molar-refractivity contribution in [2.75, 3.05) is 23.8 Å². The monoisotopic (exact) mass is 442 g/mol. The van der Waals surface area contributed by atoms with E-state index in [9.17, 15) is 18.0 Å². The first-order valence-electron chi connectivity index (χ1n) is 7.72. The third-order valence-electron chi connectivity index (χ3n) is 3.74. The summed E-state index contributed by atoms with van der Waals surface area (Å²) >= 11 is 3.35. The Morgan fingerprint density at radius 1 is 1.26 bits per heavy atom. The van der Waals surface area contributed by atoms with Gasteiger partial charge in [0.2, 0.25) is 5.91 Å². The van der Waals surface area contributed by atoms with E-state index in [1.807, 2.05) is 13.0 Å². The van der Waals surface area contributed by atoms with E-state index in [2.05, 4.69) is 36.5 Å². The molecular weight excluding hydrogens is 429 g/mol. The number of nitrogens with zero attached hydrogens (tertiary/aromatic N) is 5. The van der Waals surface area contributed by atoms with Crippen LogP contribution in [-0.4, -0.2) is 39.3 Å². The standard InChI is InChI=1S/C16H14BrF3N6O/c1-9-7-10(17)3-4-11(9)21-14(27)8-25(2)13-6-5-12-22-23-15(16(18,19)20)26(12)24-13/h3-7H,8H2,1-2H3,(H,21,27). The van der Waals surface area contributed by atoms with Gasteiger partial charge < -0.3 is 10.2 Å². The van der Waals surface area contributed by atoms with Crippen molar-refractivity contribution in [2.45, 2.75) is 13.1 Å². The van der Waals surface area contributed by atoms with Crippen LogP contribution in [0.1, 0.15) is 11.4 Å². The lowest BCUT2D eigenvalue weighted by molar-refractivity contribution is -0.146. The number of anilines is 2. The summed E-state index contributed by atoms with van der Waals surface area (Å²) in [6.45, 7) is 1.75. The minimum Gasteiger partial charge on any atom is -0.349 e. The summed E-state index contributed by atoms with van der Waals surface area (Å²) in [5.74, 6) is -1.37. The average Bonchev–Trinajstić information content (AvgIpc) is 3.00. The zero-order valence-corrected chi connectivity index (χ0v) is 15.8. The van der Waals surface area contributed by atoms with Crippen LogP contribution < -0.4 is 10.2 Å². The summed E-state index contributed by atoms with van der Waals surface area (Å²) in [5, 5.41) is 13.2. The van der Waals surface area contributed by atoms with Gasteiger partial charge in [-0.05, 0) is 42.8 Å².